The van der Waals surface area contributed by atoms with Gasteiger partial charge in [0.1, 0.15) is 5.82 Å². The number of hydrogen-bond donors (Lipinski definition) is 1. The van der Waals surface area contributed by atoms with Crippen LogP contribution in [0.15, 0.2) is 47.4 Å². The summed E-state index contributed by atoms with van der Waals surface area (Å²) in [5.74, 6) is -0.186. The predicted molar refractivity (Wildman–Crippen MR) is 80.3 cm³/mol. The van der Waals surface area contributed by atoms with Crippen molar-refractivity contribution in [1.82, 2.24) is 5.32 Å². The van der Waals surface area contributed by atoms with E-state index in [1.165, 1.54) is 16.5 Å². The summed E-state index contributed by atoms with van der Waals surface area (Å²) in [6.07, 6.45) is 2.07. The quantitative estimate of drug-likeness (QED) is 0.841. The standard InChI is InChI=1S/C16H18FNS/c1-11-10-12(17)8-9-13(11)16(18-2)14-6-4-5-7-15(14)19-3/h4-10,16,18H,1-3H3. The second kappa shape index (κ2) is 6.22. The molecule has 0 saturated carbocycles. The Balaban J connectivity index is 2.50. The zero-order chi connectivity index (χ0) is 13.8. The van der Waals surface area contributed by atoms with Gasteiger partial charge in [-0.15, -0.1) is 11.8 Å². The highest BCUT2D eigenvalue weighted by molar-refractivity contribution is 7.98. The number of thioether (sulfide) groups is 1. The van der Waals surface area contributed by atoms with Crippen LogP contribution in [0.3, 0.4) is 0 Å². The maximum Gasteiger partial charge on any atom is 0.123 e. The predicted octanol–water partition coefficient (Wildman–Crippen LogP) is 4.16. The van der Waals surface area contributed by atoms with E-state index in [9.17, 15) is 4.39 Å². The number of halogens is 1. The molecule has 2 rings (SSSR count). The van der Waals surface area contributed by atoms with Gasteiger partial charge < -0.3 is 5.32 Å². The lowest BCUT2D eigenvalue weighted by Crippen LogP contribution is -2.19. The largest absolute Gasteiger partial charge is 0.309 e. The highest BCUT2D eigenvalue weighted by Gasteiger charge is 2.17. The Hall–Kier alpha value is -1.32. The van der Waals surface area contributed by atoms with Gasteiger partial charge >= 0.3 is 0 Å². The van der Waals surface area contributed by atoms with Crippen molar-refractivity contribution in [3.8, 4) is 0 Å². The van der Waals surface area contributed by atoms with Crippen molar-refractivity contribution in [3.63, 3.8) is 0 Å². The third-order valence-corrected chi connectivity index (χ3v) is 4.09. The minimum absolute atomic E-state index is 0.0873. The minimum atomic E-state index is -0.186. The zero-order valence-corrected chi connectivity index (χ0v) is 12.2. The lowest BCUT2D eigenvalue weighted by molar-refractivity contribution is 0.620. The van der Waals surface area contributed by atoms with Crippen LogP contribution in [0.5, 0.6) is 0 Å². The fourth-order valence-corrected chi connectivity index (χ4v) is 2.98. The van der Waals surface area contributed by atoms with Crippen molar-refractivity contribution >= 4 is 11.8 Å². The van der Waals surface area contributed by atoms with E-state index in [1.807, 2.05) is 32.2 Å². The first kappa shape index (κ1) is 14.1. The zero-order valence-electron chi connectivity index (χ0n) is 11.4. The van der Waals surface area contributed by atoms with Crippen molar-refractivity contribution in [1.29, 1.82) is 0 Å². The smallest absolute Gasteiger partial charge is 0.123 e. The molecule has 0 aliphatic heterocycles. The summed E-state index contributed by atoms with van der Waals surface area (Å²) in [6.45, 7) is 1.95. The molecule has 0 fully saturated rings. The molecule has 0 radical (unpaired) electrons. The molecule has 19 heavy (non-hydrogen) atoms. The molecule has 1 nitrogen and oxygen atoms in total. The van der Waals surface area contributed by atoms with Gasteiger partial charge in [0.15, 0.2) is 0 Å². The van der Waals surface area contributed by atoms with Crippen molar-refractivity contribution in [2.45, 2.75) is 17.9 Å². The average Bonchev–Trinajstić information content (AvgIpc) is 2.42. The molecule has 0 spiro atoms. The van der Waals surface area contributed by atoms with Crippen molar-refractivity contribution < 1.29 is 4.39 Å². The first-order valence-corrected chi connectivity index (χ1v) is 7.46. The fraction of sp³-hybridized carbons (Fsp3) is 0.250. The Labute approximate surface area is 118 Å². The van der Waals surface area contributed by atoms with Crippen LogP contribution in [0.4, 0.5) is 4.39 Å². The fourth-order valence-electron chi connectivity index (χ4n) is 2.35. The van der Waals surface area contributed by atoms with Gasteiger partial charge in [-0.3, -0.25) is 0 Å². The van der Waals surface area contributed by atoms with E-state index in [0.29, 0.717) is 0 Å². The molecule has 0 aromatic heterocycles. The van der Waals surface area contributed by atoms with Crippen molar-refractivity contribution in [2.24, 2.45) is 0 Å². The monoisotopic (exact) mass is 275 g/mol. The molecule has 0 bridgehead atoms. The molecule has 100 valence electrons. The molecule has 1 atom stereocenters. The van der Waals surface area contributed by atoms with Crippen LogP contribution < -0.4 is 5.32 Å². The molecular formula is C16H18FNS. The van der Waals surface area contributed by atoms with Gasteiger partial charge in [-0.2, -0.15) is 0 Å². The molecule has 0 amide bonds. The number of benzene rings is 2. The molecule has 1 N–H and O–H groups in total. The summed E-state index contributed by atoms with van der Waals surface area (Å²) >= 11 is 1.73. The Morgan fingerprint density at radius 2 is 1.84 bits per heavy atom. The normalized spacial score (nSPS) is 12.4. The van der Waals surface area contributed by atoms with Gasteiger partial charge in [-0.1, -0.05) is 24.3 Å². The van der Waals surface area contributed by atoms with Gasteiger partial charge in [0, 0.05) is 4.90 Å². The van der Waals surface area contributed by atoms with E-state index in [1.54, 1.807) is 17.8 Å². The highest BCUT2D eigenvalue weighted by atomic mass is 32.2. The van der Waals surface area contributed by atoms with Gasteiger partial charge in [0.25, 0.3) is 0 Å². The Morgan fingerprint density at radius 3 is 2.47 bits per heavy atom. The molecule has 2 aromatic carbocycles. The average molecular weight is 275 g/mol. The molecule has 3 heteroatoms. The highest BCUT2D eigenvalue weighted by Crippen LogP contribution is 2.31. The second-order valence-electron chi connectivity index (χ2n) is 4.46. The second-order valence-corrected chi connectivity index (χ2v) is 5.31. The van der Waals surface area contributed by atoms with Crippen molar-refractivity contribution in [2.75, 3.05) is 13.3 Å². The molecule has 0 aliphatic carbocycles. The van der Waals surface area contributed by atoms with Crippen LogP contribution in [0, 0.1) is 12.7 Å². The van der Waals surface area contributed by atoms with Crippen molar-refractivity contribution in [3.05, 3.63) is 65.0 Å². The Morgan fingerprint density at radius 1 is 1.11 bits per heavy atom. The number of hydrogen-bond acceptors (Lipinski definition) is 2. The topological polar surface area (TPSA) is 12.0 Å². The number of aryl methyl sites for hydroxylation is 1. The summed E-state index contributed by atoms with van der Waals surface area (Å²) in [6, 6.07) is 13.4. The number of nitrogens with one attached hydrogen (secondary N) is 1. The lowest BCUT2D eigenvalue weighted by atomic mass is 9.95. The minimum Gasteiger partial charge on any atom is -0.309 e. The van der Waals surface area contributed by atoms with Crippen LogP contribution in [0.25, 0.3) is 0 Å². The molecule has 1 unspecified atom stereocenters. The van der Waals surface area contributed by atoms with E-state index in [4.69, 9.17) is 0 Å². The molecule has 0 saturated heterocycles. The van der Waals surface area contributed by atoms with Crippen LogP contribution in [-0.4, -0.2) is 13.3 Å². The maximum atomic E-state index is 13.2. The molecular weight excluding hydrogens is 257 g/mol. The van der Waals surface area contributed by atoms with E-state index < -0.39 is 0 Å². The summed E-state index contributed by atoms with van der Waals surface area (Å²) in [4.78, 5) is 1.24. The van der Waals surface area contributed by atoms with Crippen LogP contribution >= 0.6 is 11.8 Å². The van der Waals surface area contributed by atoms with Crippen LogP contribution in [0.1, 0.15) is 22.7 Å². The van der Waals surface area contributed by atoms with Gasteiger partial charge in [0.2, 0.25) is 0 Å². The third-order valence-electron chi connectivity index (χ3n) is 3.28. The summed E-state index contributed by atoms with van der Waals surface area (Å²) < 4.78 is 13.2. The van der Waals surface area contributed by atoms with Crippen LogP contribution in [-0.2, 0) is 0 Å². The van der Waals surface area contributed by atoms with Gasteiger partial charge in [0.05, 0.1) is 6.04 Å². The summed E-state index contributed by atoms with van der Waals surface area (Å²) in [5.41, 5.74) is 3.31. The van der Waals surface area contributed by atoms with Crippen LogP contribution in [0.2, 0.25) is 0 Å². The Bertz CT molecular complexity index is 568. The first-order chi connectivity index (χ1) is 9.17. The number of rotatable bonds is 4. The summed E-state index contributed by atoms with van der Waals surface area (Å²) in [5, 5.41) is 3.33. The first-order valence-electron chi connectivity index (χ1n) is 6.23. The van der Waals surface area contributed by atoms with Gasteiger partial charge in [-0.05, 0) is 55.1 Å². The Kier molecular flexibility index (Phi) is 4.61. The van der Waals surface area contributed by atoms with E-state index in [-0.39, 0.29) is 11.9 Å². The van der Waals surface area contributed by atoms with Gasteiger partial charge in [-0.25, -0.2) is 4.39 Å². The van der Waals surface area contributed by atoms with E-state index in [2.05, 4.69) is 23.7 Å². The van der Waals surface area contributed by atoms with E-state index in [0.717, 1.165) is 11.1 Å². The SMILES string of the molecule is CNC(c1ccc(F)cc1C)c1ccccc1SC. The third kappa shape index (κ3) is 2.99. The maximum absolute atomic E-state index is 13.2. The molecule has 0 heterocycles. The molecule has 0 aliphatic rings. The molecule has 2 aromatic rings. The lowest BCUT2D eigenvalue weighted by Gasteiger charge is -2.21. The summed E-state index contributed by atoms with van der Waals surface area (Å²) in [7, 11) is 1.94. The van der Waals surface area contributed by atoms with E-state index >= 15 is 0 Å².